The first-order valence-electron chi connectivity index (χ1n) is 6.83. The average molecular weight is 253 g/mol. The standard InChI is InChI=1S/C14H27N3O/c1-12(2)10-13-11-17(16-15-13)7-9-18-8-6-14(3,4)5/h11-12H,6-10H2,1-5H3. The van der Waals surface area contributed by atoms with E-state index < -0.39 is 0 Å². The Hall–Kier alpha value is -0.900. The first-order valence-corrected chi connectivity index (χ1v) is 6.83. The van der Waals surface area contributed by atoms with E-state index in [2.05, 4.69) is 44.9 Å². The van der Waals surface area contributed by atoms with Gasteiger partial charge in [0, 0.05) is 12.8 Å². The smallest absolute Gasteiger partial charge is 0.0829 e. The molecule has 0 unspecified atom stereocenters. The lowest BCUT2D eigenvalue weighted by atomic mass is 9.93. The molecule has 0 aliphatic carbocycles. The second kappa shape index (κ2) is 6.88. The van der Waals surface area contributed by atoms with Crippen molar-refractivity contribution in [1.29, 1.82) is 0 Å². The quantitative estimate of drug-likeness (QED) is 0.701. The monoisotopic (exact) mass is 253 g/mol. The van der Waals surface area contributed by atoms with E-state index in [0.717, 1.165) is 31.7 Å². The SMILES string of the molecule is CC(C)Cc1cn(CCOCCC(C)(C)C)nn1. The maximum atomic E-state index is 5.62. The summed E-state index contributed by atoms with van der Waals surface area (Å²) in [6.07, 6.45) is 4.10. The Morgan fingerprint density at radius 1 is 1.28 bits per heavy atom. The van der Waals surface area contributed by atoms with E-state index in [1.807, 2.05) is 10.9 Å². The van der Waals surface area contributed by atoms with Crippen LogP contribution in [0.5, 0.6) is 0 Å². The number of hydrogen-bond acceptors (Lipinski definition) is 3. The van der Waals surface area contributed by atoms with Crippen LogP contribution in [0.1, 0.15) is 46.7 Å². The fourth-order valence-electron chi connectivity index (χ4n) is 1.60. The van der Waals surface area contributed by atoms with Crippen LogP contribution in [-0.4, -0.2) is 28.2 Å². The molecule has 0 fully saturated rings. The normalized spacial score (nSPS) is 12.3. The number of aromatic nitrogens is 3. The summed E-state index contributed by atoms with van der Waals surface area (Å²) in [6, 6.07) is 0. The first-order chi connectivity index (χ1) is 8.37. The van der Waals surface area contributed by atoms with Gasteiger partial charge < -0.3 is 4.74 Å². The van der Waals surface area contributed by atoms with Crippen molar-refractivity contribution in [3.8, 4) is 0 Å². The predicted octanol–water partition coefficient (Wildman–Crippen LogP) is 2.93. The van der Waals surface area contributed by atoms with Crippen molar-refractivity contribution < 1.29 is 4.74 Å². The Bertz CT molecular complexity index is 339. The summed E-state index contributed by atoms with van der Waals surface area (Å²) in [6.45, 7) is 13.4. The molecule has 18 heavy (non-hydrogen) atoms. The Kier molecular flexibility index (Phi) is 5.79. The molecule has 0 aromatic carbocycles. The molecule has 0 amide bonds. The third kappa shape index (κ3) is 6.74. The zero-order valence-corrected chi connectivity index (χ0v) is 12.4. The number of ether oxygens (including phenoxy) is 1. The molecule has 0 atom stereocenters. The van der Waals surface area contributed by atoms with E-state index >= 15 is 0 Å². The van der Waals surface area contributed by atoms with Crippen molar-refractivity contribution in [2.24, 2.45) is 11.3 Å². The number of hydrogen-bond donors (Lipinski definition) is 0. The Morgan fingerprint density at radius 3 is 2.61 bits per heavy atom. The molecule has 0 aliphatic rings. The summed E-state index contributed by atoms with van der Waals surface area (Å²) >= 11 is 0. The Morgan fingerprint density at radius 2 is 2.00 bits per heavy atom. The fourth-order valence-corrected chi connectivity index (χ4v) is 1.60. The summed E-state index contributed by atoms with van der Waals surface area (Å²) < 4.78 is 7.49. The van der Waals surface area contributed by atoms with Crippen LogP contribution in [0.2, 0.25) is 0 Å². The van der Waals surface area contributed by atoms with Crippen LogP contribution in [0.3, 0.4) is 0 Å². The average Bonchev–Trinajstić information content (AvgIpc) is 2.62. The zero-order valence-electron chi connectivity index (χ0n) is 12.4. The van der Waals surface area contributed by atoms with Crippen molar-refractivity contribution in [3.05, 3.63) is 11.9 Å². The minimum atomic E-state index is 0.345. The van der Waals surface area contributed by atoms with Crippen LogP contribution in [-0.2, 0) is 17.7 Å². The lowest BCUT2D eigenvalue weighted by Crippen LogP contribution is -2.12. The molecule has 4 nitrogen and oxygen atoms in total. The van der Waals surface area contributed by atoms with E-state index in [-0.39, 0.29) is 0 Å². The van der Waals surface area contributed by atoms with Gasteiger partial charge in [-0.2, -0.15) is 0 Å². The molecule has 104 valence electrons. The number of rotatable bonds is 7. The van der Waals surface area contributed by atoms with Gasteiger partial charge in [-0.1, -0.05) is 39.8 Å². The molecule has 0 bridgehead atoms. The van der Waals surface area contributed by atoms with E-state index in [4.69, 9.17) is 4.74 Å². The zero-order chi connectivity index (χ0) is 13.6. The highest BCUT2D eigenvalue weighted by Crippen LogP contribution is 2.17. The highest BCUT2D eigenvalue weighted by atomic mass is 16.5. The summed E-state index contributed by atoms with van der Waals surface area (Å²) in [4.78, 5) is 0. The van der Waals surface area contributed by atoms with Crippen LogP contribution in [0.25, 0.3) is 0 Å². The van der Waals surface area contributed by atoms with Crippen LogP contribution in [0.4, 0.5) is 0 Å². The highest BCUT2D eigenvalue weighted by Gasteiger charge is 2.09. The molecule has 0 saturated heterocycles. The molecule has 1 heterocycles. The molecule has 1 aromatic rings. The Balaban J connectivity index is 2.17. The van der Waals surface area contributed by atoms with Gasteiger partial charge in [-0.05, 0) is 24.2 Å². The second-order valence-electron chi connectivity index (χ2n) is 6.49. The van der Waals surface area contributed by atoms with Crippen molar-refractivity contribution >= 4 is 0 Å². The van der Waals surface area contributed by atoms with E-state index in [9.17, 15) is 0 Å². The maximum absolute atomic E-state index is 5.62. The van der Waals surface area contributed by atoms with Crippen molar-refractivity contribution in [1.82, 2.24) is 15.0 Å². The first kappa shape index (κ1) is 15.2. The molecular weight excluding hydrogens is 226 g/mol. The minimum Gasteiger partial charge on any atom is -0.380 e. The molecule has 4 heteroatoms. The van der Waals surface area contributed by atoms with E-state index in [1.54, 1.807) is 0 Å². The lowest BCUT2D eigenvalue weighted by Gasteiger charge is -2.17. The highest BCUT2D eigenvalue weighted by molar-refractivity contribution is 4.92. The van der Waals surface area contributed by atoms with Crippen molar-refractivity contribution in [3.63, 3.8) is 0 Å². The van der Waals surface area contributed by atoms with Gasteiger partial charge in [0.25, 0.3) is 0 Å². The van der Waals surface area contributed by atoms with Crippen molar-refractivity contribution in [2.75, 3.05) is 13.2 Å². The topological polar surface area (TPSA) is 39.9 Å². The van der Waals surface area contributed by atoms with Crippen LogP contribution < -0.4 is 0 Å². The lowest BCUT2D eigenvalue weighted by molar-refractivity contribution is 0.0996. The Labute approximate surface area is 111 Å². The largest absolute Gasteiger partial charge is 0.380 e. The van der Waals surface area contributed by atoms with Crippen molar-refractivity contribution in [2.45, 2.75) is 54.0 Å². The molecule has 1 rings (SSSR count). The van der Waals surface area contributed by atoms with E-state index in [1.165, 1.54) is 0 Å². The van der Waals surface area contributed by atoms with Gasteiger partial charge >= 0.3 is 0 Å². The molecule has 0 N–H and O–H groups in total. The maximum Gasteiger partial charge on any atom is 0.0829 e. The molecule has 0 aliphatic heterocycles. The number of nitrogens with zero attached hydrogens (tertiary/aromatic N) is 3. The third-order valence-electron chi connectivity index (χ3n) is 2.66. The molecule has 0 radical (unpaired) electrons. The third-order valence-corrected chi connectivity index (χ3v) is 2.66. The van der Waals surface area contributed by atoms with Crippen LogP contribution >= 0.6 is 0 Å². The molecular formula is C14H27N3O. The summed E-state index contributed by atoms with van der Waals surface area (Å²) in [5.41, 5.74) is 1.41. The van der Waals surface area contributed by atoms with E-state index in [0.29, 0.717) is 17.9 Å². The van der Waals surface area contributed by atoms with Crippen LogP contribution in [0, 0.1) is 11.3 Å². The summed E-state index contributed by atoms with van der Waals surface area (Å²) in [7, 11) is 0. The molecule has 0 saturated carbocycles. The van der Waals surface area contributed by atoms with Gasteiger partial charge in [0.1, 0.15) is 0 Å². The summed E-state index contributed by atoms with van der Waals surface area (Å²) in [5.74, 6) is 0.623. The van der Waals surface area contributed by atoms with Gasteiger partial charge in [0.2, 0.25) is 0 Å². The fraction of sp³-hybridized carbons (Fsp3) is 0.857. The predicted molar refractivity (Wildman–Crippen MR) is 73.5 cm³/mol. The molecule has 0 spiro atoms. The van der Waals surface area contributed by atoms with Gasteiger partial charge in [0.05, 0.1) is 18.8 Å². The minimum absolute atomic E-state index is 0.345. The van der Waals surface area contributed by atoms with Gasteiger partial charge in [-0.3, -0.25) is 0 Å². The second-order valence-corrected chi connectivity index (χ2v) is 6.49. The summed E-state index contributed by atoms with van der Waals surface area (Å²) in [5, 5.41) is 8.25. The van der Waals surface area contributed by atoms with Gasteiger partial charge in [-0.15, -0.1) is 5.10 Å². The van der Waals surface area contributed by atoms with Crippen LogP contribution in [0.15, 0.2) is 6.20 Å². The molecule has 1 aromatic heterocycles. The van der Waals surface area contributed by atoms with Gasteiger partial charge in [0.15, 0.2) is 0 Å². The van der Waals surface area contributed by atoms with Gasteiger partial charge in [-0.25, -0.2) is 4.68 Å².